The Bertz CT molecular complexity index is 832. The summed E-state index contributed by atoms with van der Waals surface area (Å²) in [7, 11) is 0. The molecule has 1 aromatic carbocycles. The van der Waals surface area contributed by atoms with E-state index in [4.69, 9.17) is 0 Å². The normalized spacial score (nSPS) is 32.6. The van der Waals surface area contributed by atoms with Crippen molar-refractivity contribution in [3.63, 3.8) is 0 Å². The van der Waals surface area contributed by atoms with E-state index in [9.17, 15) is 19.5 Å². The maximum absolute atomic E-state index is 13.2. The van der Waals surface area contributed by atoms with E-state index in [0.717, 1.165) is 5.56 Å². The summed E-state index contributed by atoms with van der Waals surface area (Å²) in [5.41, 5.74) is 0.139. The quantitative estimate of drug-likeness (QED) is 0.545. The van der Waals surface area contributed by atoms with Crippen LogP contribution < -0.4 is 5.32 Å². The molecular formula is C19H24KN3O4S. The Balaban J connectivity index is 0.00000225. The van der Waals surface area contributed by atoms with E-state index in [0.29, 0.717) is 0 Å². The molecule has 3 saturated heterocycles. The molecule has 2 N–H and O–H groups in total. The third-order valence-electron chi connectivity index (χ3n) is 5.64. The number of aliphatic carboxylic acids is 1. The van der Waals surface area contributed by atoms with Crippen LogP contribution in [0.1, 0.15) is 39.3 Å². The Hall–Kier alpha value is -0.424. The summed E-state index contributed by atoms with van der Waals surface area (Å²) in [5, 5.41) is 12.6. The number of β-lactam (4-membered cyclic amide) rings is 1. The molecule has 1 aromatic rings. The van der Waals surface area contributed by atoms with Crippen LogP contribution in [0.4, 0.5) is 0 Å². The molecule has 0 aliphatic carbocycles. The van der Waals surface area contributed by atoms with Crippen molar-refractivity contribution in [2.45, 2.75) is 61.6 Å². The molecule has 3 fully saturated rings. The van der Waals surface area contributed by atoms with Gasteiger partial charge in [-0.25, -0.2) is 4.79 Å². The van der Waals surface area contributed by atoms with Crippen LogP contribution in [0.2, 0.25) is 0 Å². The molecule has 28 heavy (non-hydrogen) atoms. The third kappa shape index (κ3) is 3.19. The van der Waals surface area contributed by atoms with Crippen LogP contribution in [0, 0.1) is 0 Å². The standard InChI is InChI=1S/C19H23N3O4S.K.H/c1-18(2)13(17(25)26)21-15(24)12(16(21)27-18)22-14(23)11(20-19(22,3)4)10-8-6-5-7-9-10;;/h5-9,11-13,16,20H,1-4H3,(H,25,26);;/t11-,12-,13+,16-;;/m1../s1. The summed E-state index contributed by atoms with van der Waals surface area (Å²) in [5.74, 6) is -1.45. The van der Waals surface area contributed by atoms with Gasteiger partial charge in [-0.15, -0.1) is 11.8 Å². The summed E-state index contributed by atoms with van der Waals surface area (Å²) in [4.78, 5) is 40.9. The molecule has 4 atom stereocenters. The molecule has 4 rings (SSSR count). The number of carboxylic acids is 1. The Labute approximate surface area is 211 Å². The molecule has 0 radical (unpaired) electrons. The van der Waals surface area contributed by atoms with E-state index in [1.165, 1.54) is 16.7 Å². The SMILES string of the molecule is CC1(C)S[C@@H]2[C@H](N3C(=O)[C@@H](c4ccccc4)NC3(C)C)C(=O)N2[C@H]1C(=O)O.[KH]. The number of benzene rings is 1. The number of rotatable bonds is 3. The number of fused-ring (bicyclic) bond motifs is 1. The third-order valence-corrected chi connectivity index (χ3v) is 7.20. The van der Waals surface area contributed by atoms with Crippen molar-refractivity contribution >= 4 is 80.9 Å². The second-order valence-electron chi connectivity index (χ2n) is 8.30. The second-order valence-corrected chi connectivity index (χ2v) is 10.1. The fourth-order valence-corrected chi connectivity index (χ4v) is 6.16. The van der Waals surface area contributed by atoms with Gasteiger partial charge in [0.1, 0.15) is 23.5 Å². The fraction of sp³-hybridized carbons (Fsp3) is 0.526. The van der Waals surface area contributed by atoms with E-state index < -0.39 is 34.5 Å². The predicted molar refractivity (Wildman–Crippen MR) is 108 cm³/mol. The zero-order valence-corrected chi connectivity index (χ0v) is 16.5. The average Bonchev–Trinajstić information content (AvgIpc) is 2.98. The van der Waals surface area contributed by atoms with E-state index in [-0.39, 0.29) is 68.6 Å². The van der Waals surface area contributed by atoms with Gasteiger partial charge in [0, 0.05) is 4.75 Å². The zero-order valence-electron chi connectivity index (χ0n) is 15.7. The van der Waals surface area contributed by atoms with Crippen molar-refractivity contribution in [3.05, 3.63) is 35.9 Å². The first-order valence-electron chi connectivity index (χ1n) is 8.95. The van der Waals surface area contributed by atoms with Crippen molar-refractivity contribution in [1.29, 1.82) is 0 Å². The first-order chi connectivity index (χ1) is 12.6. The van der Waals surface area contributed by atoms with Gasteiger partial charge in [0.15, 0.2) is 0 Å². The van der Waals surface area contributed by atoms with Gasteiger partial charge < -0.3 is 14.9 Å². The predicted octanol–water partition coefficient (Wildman–Crippen LogP) is 0.763. The molecule has 9 heteroatoms. The molecule has 146 valence electrons. The number of nitrogens with zero attached hydrogens (tertiary/aromatic N) is 2. The Morgan fingerprint density at radius 1 is 1.11 bits per heavy atom. The maximum atomic E-state index is 13.2. The van der Waals surface area contributed by atoms with Gasteiger partial charge in [-0.1, -0.05) is 30.3 Å². The van der Waals surface area contributed by atoms with Crippen LogP contribution in [0.15, 0.2) is 30.3 Å². The molecule has 3 aliphatic heterocycles. The topological polar surface area (TPSA) is 90.0 Å². The second kappa shape index (κ2) is 7.37. The molecular weight excluding hydrogens is 405 g/mol. The van der Waals surface area contributed by atoms with Gasteiger partial charge in [-0.2, -0.15) is 0 Å². The summed E-state index contributed by atoms with van der Waals surface area (Å²) in [6.07, 6.45) is 0. The zero-order chi connectivity index (χ0) is 19.7. The van der Waals surface area contributed by atoms with Crippen LogP contribution in [0.5, 0.6) is 0 Å². The number of nitrogens with one attached hydrogen (secondary N) is 1. The van der Waals surface area contributed by atoms with Crippen molar-refractivity contribution in [1.82, 2.24) is 15.1 Å². The van der Waals surface area contributed by atoms with Gasteiger partial charge in [-0.05, 0) is 33.3 Å². The minimum atomic E-state index is -1.01. The Morgan fingerprint density at radius 3 is 2.29 bits per heavy atom. The molecule has 0 spiro atoms. The number of carbonyl (C=O) groups is 3. The molecule has 0 bridgehead atoms. The fourth-order valence-electron chi connectivity index (χ4n) is 4.49. The van der Waals surface area contributed by atoms with Gasteiger partial charge in [0.25, 0.3) is 0 Å². The van der Waals surface area contributed by atoms with Gasteiger partial charge in [0.2, 0.25) is 11.8 Å². The van der Waals surface area contributed by atoms with E-state index >= 15 is 0 Å². The van der Waals surface area contributed by atoms with Crippen molar-refractivity contribution in [2.24, 2.45) is 0 Å². The monoisotopic (exact) mass is 429 g/mol. The van der Waals surface area contributed by atoms with Crippen molar-refractivity contribution < 1.29 is 19.5 Å². The number of thioether (sulfide) groups is 1. The van der Waals surface area contributed by atoms with E-state index in [1.54, 1.807) is 4.90 Å². The van der Waals surface area contributed by atoms with Crippen molar-refractivity contribution in [3.8, 4) is 0 Å². The average molecular weight is 430 g/mol. The number of carboxylic acid groups (broad SMARTS) is 1. The Morgan fingerprint density at radius 2 is 1.71 bits per heavy atom. The molecule has 0 unspecified atom stereocenters. The molecule has 0 aromatic heterocycles. The van der Waals surface area contributed by atoms with Crippen LogP contribution in [0.3, 0.4) is 0 Å². The first kappa shape index (κ1) is 22.3. The van der Waals surface area contributed by atoms with Crippen LogP contribution in [-0.2, 0) is 14.4 Å². The molecule has 0 saturated carbocycles. The number of amides is 2. The summed E-state index contributed by atoms with van der Waals surface area (Å²) < 4.78 is -0.611. The van der Waals surface area contributed by atoms with E-state index in [2.05, 4.69) is 5.32 Å². The summed E-state index contributed by atoms with van der Waals surface area (Å²) in [6, 6.07) is 7.37. The van der Waals surface area contributed by atoms with Crippen LogP contribution >= 0.6 is 11.8 Å². The molecule has 7 nitrogen and oxygen atoms in total. The van der Waals surface area contributed by atoms with Crippen LogP contribution in [-0.4, -0.2) is 112 Å². The van der Waals surface area contributed by atoms with Gasteiger partial charge in [0.05, 0.1) is 5.66 Å². The molecule has 2 amide bonds. The van der Waals surface area contributed by atoms with Crippen LogP contribution in [0.25, 0.3) is 0 Å². The van der Waals surface area contributed by atoms with Gasteiger partial charge >= 0.3 is 57.4 Å². The first-order valence-corrected chi connectivity index (χ1v) is 9.83. The molecule has 3 heterocycles. The number of carbonyl (C=O) groups excluding carboxylic acids is 2. The number of hydrogen-bond donors (Lipinski definition) is 2. The van der Waals surface area contributed by atoms with E-state index in [1.807, 2.05) is 58.0 Å². The Kier molecular flexibility index (Phi) is 5.86. The summed E-state index contributed by atoms with van der Waals surface area (Å²) >= 11 is 1.46. The van der Waals surface area contributed by atoms with Gasteiger partial charge in [-0.3, -0.25) is 14.9 Å². The summed E-state index contributed by atoms with van der Waals surface area (Å²) in [6.45, 7) is 7.43. The number of hydrogen-bond acceptors (Lipinski definition) is 5. The van der Waals surface area contributed by atoms with Crippen molar-refractivity contribution in [2.75, 3.05) is 0 Å². The minimum absolute atomic E-state index is 0. The molecule has 3 aliphatic rings.